The van der Waals surface area contributed by atoms with E-state index in [0.29, 0.717) is 54.2 Å². The van der Waals surface area contributed by atoms with E-state index in [2.05, 4.69) is 20.1 Å². The van der Waals surface area contributed by atoms with E-state index in [9.17, 15) is 13.2 Å². The Labute approximate surface area is 188 Å². The van der Waals surface area contributed by atoms with Crippen molar-refractivity contribution in [3.8, 4) is 0 Å². The average molecular weight is 459 g/mol. The Hall–Kier alpha value is -2.82. The maximum Gasteiger partial charge on any atom is 0.391 e. The normalized spacial score (nSPS) is 25.9. The number of hydrogen-bond acceptors (Lipinski definition) is 7. The van der Waals surface area contributed by atoms with Gasteiger partial charge in [0.2, 0.25) is 5.95 Å². The van der Waals surface area contributed by atoms with Crippen LogP contribution < -0.4 is 4.90 Å². The first-order chi connectivity index (χ1) is 15.8. The van der Waals surface area contributed by atoms with Crippen molar-refractivity contribution in [2.75, 3.05) is 24.6 Å². The maximum absolute atomic E-state index is 13.1. The van der Waals surface area contributed by atoms with Crippen LogP contribution in [0.1, 0.15) is 60.7 Å². The van der Waals surface area contributed by atoms with Crippen LogP contribution >= 0.6 is 0 Å². The fraction of sp³-hybridized carbons (Fsp3) is 0.591. The van der Waals surface area contributed by atoms with E-state index >= 15 is 0 Å². The molecule has 1 atom stereocenters. The zero-order valence-corrected chi connectivity index (χ0v) is 18.2. The number of hydrogen-bond donors (Lipinski definition) is 0. The number of halogens is 3. The molecule has 33 heavy (non-hydrogen) atoms. The minimum Gasteiger partial charge on any atom is -0.370 e. The van der Waals surface area contributed by atoms with Crippen molar-refractivity contribution in [3.05, 3.63) is 35.5 Å². The molecule has 0 N–H and O–H groups in total. The molecule has 4 heterocycles. The summed E-state index contributed by atoms with van der Waals surface area (Å²) in [6, 6.07) is 0.495. The maximum atomic E-state index is 13.1. The lowest BCUT2D eigenvalue weighted by Gasteiger charge is -2.37. The Morgan fingerprint density at radius 3 is 2.67 bits per heavy atom. The quantitative estimate of drug-likeness (QED) is 0.585. The Balaban J connectivity index is 1.30. The fourth-order valence-electron chi connectivity index (χ4n) is 4.63. The van der Waals surface area contributed by atoms with Crippen molar-refractivity contribution in [2.45, 2.75) is 56.8 Å². The summed E-state index contributed by atoms with van der Waals surface area (Å²) in [7, 11) is 0. The number of fused-ring (bicyclic) bond motifs is 1. The summed E-state index contributed by atoms with van der Waals surface area (Å²) in [5, 5.41) is 4.46. The third kappa shape index (κ3) is 3.92. The number of aromatic nitrogens is 6. The van der Waals surface area contributed by atoms with Gasteiger partial charge in [0.05, 0.1) is 42.7 Å². The molecule has 6 rings (SSSR count). The number of morpholine rings is 1. The molecule has 0 radical (unpaired) electrons. The third-order valence-corrected chi connectivity index (χ3v) is 6.79. The summed E-state index contributed by atoms with van der Waals surface area (Å²) in [5.74, 6) is -1.12. The number of anilines is 1. The van der Waals surface area contributed by atoms with Gasteiger partial charge in [-0.2, -0.15) is 23.3 Å². The van der Waals surface area contributed by atoms with Crippen molar-refractivity contribution in [3.63, 3.8) is 0 Å². The molecule has 0 amide bonds. The van der Waals surface area contributed by atoms with E-state index < -0.39 is 12.1 Å². The first-order valence-corrected chi connectivity index (χ1v) is 11.3. The van der Waals surface area contributed by atoms with Crippen molar-refractivity contribution < 1.29 is 17.9 Å². The van der Waals surface area contributed by atoms with Gasteiger partial charge in [0.25, 0.3) is 0 Å². The standard InChI is InChI=1S/C22H24F3N7O/c1-12-8-26-19-18(13-6-15(7-13)22(23,24)25)29-21(30-20(19)28-12)31-4-5-33-17(11-31)14-9-27-32(10-14)16-2-3-16/h8-10,13,15-17H,2-7,11H2,1H3/t13-,15-,17-/m0/s1. The van der Waals surface area contributed by atoms with Crippen molar-refractivity contribution in [1.82, 2.24) is 29.7 Å². The zero-order chi connectivity index (χ0) is 22.7. The highest BCUT2D eigenvalue weighted by Gasteiger charge is 2.49. The monoisotopic (exact) mass is 459 g/mol. The number of rotatable bonds is 4. The van der Waals surface area contributed by atoms with E-state index in [4.69, 9.17) is 9.72 Å². The van der Waals surface area contributed by atoms with Gasteiger partial charge in [-0.15, -0.1) is 0 Å². The van der Waals surface area contributed by atoms with Crippen molar-refractivity contribution in [1.29, 1.82) is 0 Å². The summed E-state index contributed by atoms with van der Waals surface area (Å²) in [4.78, 5) is 20.3. The molecule has 0 aromatic carbocycles. The first-order valence-electron chi connectivity index (χ1n) is 11.3. The molecule has 8 nitrogen and oxygen atoms in total. The van der Waals surface area contributed by atoms with Gasteiger partial charge in [0, 0.05) is 30.4 Å². The second-order valence-electron chi connectivity index (χ2n) is 9.29. The van der Waals surface area contributed by atoms with Crippen LogP contribution in [0.5, 0.6) is 0 Å². The van der Waals surface area contributed by atoms with E-state index in [1.54, 1.807) is 6.20 Å². The van der Waals surface area contributed by atoms with E-state index in [1.165, 1.54) is 0 Å². The summed E-state index contributed by atoms with van der Waals surface area (Å²) >= 11 is 0. The van der Waals surface area contributed by atoms with Crippen LogP contribution in [0.3, 0.4) is 0 Å². The predicted octanol–water partition coefficient (Wildman–Crippen LogP) is 3.89. The number of nitrogens with zero attached hydrogens (tertiary/aromatic N) is 7. The SMILES string of the molecule is Cc1cnc2c(n1)nc(N1CCO[C@H](c3cnn(C4CC4)c3)C1)nc2[C@H]1C[C@H](C(F)(F)F)C1. The molecule has 0 bridgehead atoms. The number of alkyl halides is 3. The van der Waals surface area contributed by atoms with Crippen molar-refractivity contribution >= 4 is 17.1 Å². The molecule has 0 unspecified atom stereocenters. The minimum absolute atomic E-state index is 0.0245. The van der Waals surface area contributed by atoms with E-state index in [-0.39, 0.29) is 24.9 Å². The van der Waals surface area contributed by atoms with Crippen LogP contribution in [0.2, 0.25) is 0 Å². The number of aryl methyl sites for hydroxylation is 1. The fourth-order valence-corrected chi connectivity index (χ4v) is 4.63. The molecular formula is C22H24F3N7O. The average Bonchev–Trinajstić information content (AvgIpc) is 3.48. The molecule has 0 spiro atoms. The summed E-state index contributed by atoms with van der Waals surface area (Å²) in [5.41, 5.74) is 3.19. The molecule has 2 saturated carbocycles. The summed E-state index contributed by atoms with van der Waals surface area (Å²) < 4.78 is 47.3. The molecule has 3 aromatic heterocycles. The van der Waals surface area contributed by atoms with Gasteiger partial charge < -0.3 is 9.64 Å². The Bertz CT molecular complexity index is 1190. The van der Waals surface area contributed by atoms with Crippen LogP contribution in [0.4, 0.5) is 19.1 Å². The van der Waals surface area contributed by atoms with E-state index in [0.717, 1.165) is 18.4 Å². The molecule has 2 aliphatic carbocycles. The predicted molar refractivity (Wildman–Crippen MR) is 113 cm³/mol. The topological polar surface area (TPSA) is 81.9 Å². The summed E-state index contributed by atoms with van der Waals surface area (Å²) in [6.07, 6.45) is 3.51. The molecule has 3 aromatic rings. The second kappa shape index (κ2) is 7.61. The highest BCUT2D eigenvalue weighted by Crippen LogP contribution is 2.50. The third-order valence-electron chi connectivity index (χ3n) is 6.79. The molecule has 1 aliphatic heterocycles. The molecule has 1 saturated heterocycles. The van der Waals surface area contributed by atoms with Gasteiger partial charge in [-0.25, -0.2) is 15.0 Å². The van der Waals surface area contributed by atoms with Gasteiger partial charge in [-0.05, 0) is 32.6 Å². The van der Waals surface area contributed by atoms with Crippen LogP contribution in [0.25, 0.3) is 11.2 Å². The largest absolute Gasteiger partial charge is 0.391 e. The molecule has 174 valence electrons. The molecule has 3 fully saturated rings. The van der Waals surface area contributed by atoms with Gasteiger partial charge >= 0.3 is 6.18 Å². The van der Waals surface area contributed by atoms with Crippen LogP contribution in [-0.4, -0.2) is 55.6 Å². The van der Waals surface area contributed by atoms with Gasteiger partial charge in [-0.3, -0.25) is 4.68 Å². The molecular weight excluding hydrogens is 435 g/mol. The minimum atomic E-state index is -4.17. The Morgan fingerprint density at radius 1 is 1.09 bits per heavy atom. The van der Waals surface area contributed by atoms with Gasteiger partial charge in [0.15, 0.2) is 5.65 Å². The Morgan fingerprint density at radius 2 is 1.91 bits per heavy atom. The van der Waals surface area contributed by atoms with Crippen LogP contribution in [0, 0.1) is 12.8 Å². The zero-order valence-electron chi connectivity index (χ0n) is 18.2. The highest BCUT2D eigenvalue weighted by molar-refractivity contribution is 5.74. The molecule has 11 heteroatoms. The lowest BCUT2D eigenvalue weighted by Crippen LogP contribution is -2.40. The van der Waals surface area contributed by atoms with Crippen LogP contribution in [-0.2, 0) is 4.74 Å². The molecule has 3 aliphatic rings. The Kier molecular flexibility index (Phi) is 4.79. The smallest absolute Gasteiger partial charge is 0.370 e. The van der Waals surface area contributed by atoms with Gasteiger partial charge in [0.1, 0.15) is 11.6 Å². The lowest BCUT2D eigenvalue weighted by atomic mass is 9.72. The number of ether oxygens (including phenoxy) is 1. The van der Waals surface area contributed by atoms with E-state index in [1.807, 2.05) is 28.9 Å². The van der Waals surface area contributed by atoms with Gasteiger partial charge in [-0.1, -0.05) is 0 Å². The van der Waals surface area contributed by atoms with Crippen LogP contribution in [0.15, 0.2) is 18.6 Å². The summed E-state index contributed by atoms with van der Waals surface area (Å²) in [6.45, 7) is 3.44. The first kappa shape index (κ1) is 20.8. The highest BCUT2D eigenvalue weighted by atomic mass is 19.4. The second-order valence-corrected chi connectivity index (χ2v) is 9.29. The lowest BCUT2D eigenvalue weighted by molar-refractivity contribution is -0.197. The van der Waals surface area contributed by atoms with Crippen molar-refractivity contribution in [2.24, 2.45) is 5.92 Å².